The second-order valence-electron chi connectivity index (χ2n) is 13.2. The smallest absolute Gasteiger partial charge is 0.262 e. The number of nitrogens with zero attached hydrogens (tertiary/aromatic N) is 3. The lowest BCUT2D eigenvalue weighted by molar-refractivity contribution is -0.136. The van der Waals surface area contributed by atoms with Crippen LogP contribution in [0.1, 0.15) is 96.2 Å². The van der Waals surface area contributed by atoms with Crippen molar-refractivity contribution in [3.8, 4) is 11.5 Å². The van der Waals surface area contributed by atoms with Gasteiger partial charge in [0.25, 0.3) is 11.8 Å². The molecule has 1 saturated heterocycles. The predicted molar refractivity (Wildman–Crippen MR) is 203 cm³/mol. The van der Waals surface area contributed by atoms with Gasteiger partial charge in [0.05, 0.1) is 30.0 Å². The lowest BCUT2D eigenvalue weighted by Gasteiger charge is -2.33. The van der Waals surface area contributed by atoms with Crippen molar-refractivity contribution in [2.45, 2.75) is 70.9 Å². The molecule has 0 saturated carbocycles. The quantitative estimate of drug-likeness (QED) is 0.0705. The number of piperidine rings is 1. The Bertz CT molecular complexity index is 2030. The van der Waals surface area contributed by atoms with Crippen molar-refractivity contribution < 1.29 is 33.4 Å². The Morgan fingerprint density at radius 1 is 0.889 bits per heavy atom. The van der Waals surface area contributed by atoms with Gasteiger partial charge in [0.15, 0.2) is 11.6 Å². The van der Waals surface area contributed by atoms with Gasteiger partial charge in [0.2, 0.25) is 11.8 Å². The van der Waals surface area contributed by atoms with Gasteiger partial charge in [-0.3, -0.25) is 29.4 Å². The molecule has 12 nitrogen and oxygen atoms in total. The van der Waals surface area contributed by atoms with E-state index in [2.05, 4.69) is 65.3 Å². The molecule has 1 aromatic heterocycles. The molecule has 1 unspecified atom stereocenters. The zero-order valence-corrected chi connectivity index (χ0v) is 30.9. The first-order chi connectivity index (χ1) is 26.2. The van der Waals surface area contributed by atoms with Crippen molar-refractivity contribution in [2.24, 2.45) is 0 Å². The van der Waals surface area contributed by atoms with E-state index in [1.165, 1.54) is 11.1 Å². The molecule has 0 spiro atoms. The summed E-state index contributed by atoms with van der Waals surface area (Å²) in [5.74, 6) is 0.320. The molecule has 3 aromatic carbocycles. The molecule has 12 heteroatoms. The second-order valence-corrected chi connectivity index (χ2v) is 13.2. The molecule has 2 N–H and O–H groups in total. The molecule has 6 rings (SSSR count). The van der Waals surface area contributed by atoms with Gasteiger partial charge in [-0.25, -0.2) is 9.97 Å². The van der Waals surface area contributed by atoms with Gasteiger partial charge in [-0.1, -0.05) is 44.7 Å². The Kier molecular flexibility index (Phi) is 11.7. The minimum absolute atomic E-state index is 0.0780. The average Bonchev–Trinajstić information content (AvgIpc) is 3.43. The van der Waals surface area contributed by atoms with Crippen molar-refractivity contribution >= 4 is 35.1 Å². The first-order valence-electron chi connectivity index (χ1n) is 18.4. The Labute approximate surface area is 314 Å². The summed E-state index contributed by atoms with van der Waals surface area (Å²) >= 11 is 0. The van der Waals surface area contributed by atoms with E-state index in [1.54, 1.807) is 24.4 Å². The number of anilines is 1. The lowest BCUT2D eigenvalue weighted by Crippen LogP contribution is -2.54. The van der Waals surface area contributed by atoms with Gasteiger partial charge in [0, 0.05) is 30.3 Å². The van der Waals surface area contributed by atoms with Crippen LogP contribution in [0.15, 0.2) is 85.6 Å². The number of nitrogens with one attached hydrogen (secondary N) is 2. The third kappa shape index (κ3) is 7.97. The summed E-state index contributed by atoms with van der Waals surface area (Å²) in [6.45, 7) is 12.0. The van der Waals surface area contributed by atoms with Gasteiger partial charge >= 0.3 is 0 Å². The fourth-order valence-electron chi connectivity index (χ4n) is 7.06. The summed E-state index contributed by atoms with van der Waals surface area (Å²) in [5, 5.41) is 5.50. The van der Waals surface area contributed by atoms with Crippen molar-refractivity contribution in [3.05, 3.63) is 119 Å². The summed E-state index contributed by atoms with van der Waals surface area (Å²) in [6, 6.07) is 22.3. The lowest BCUT2D eigenvalue weighted by atomic mass is 9.70. The number of imide groups is 2. The second kappa shape index (κ2) is 16.7. The summed E-state index contributed by atoms with van der Waals surface area (Å²) in [7, 11) is 0. The number of hydrogen-bond donors (Lipinski definition) is 2. The molecule has 1 atom stereocenters. The zero-order chi connectivity index (χ0) is 38.2. The highest BCUT2D eigenvalue weighted by molar-refractivity contribution is 6.23. The monoisotopic (exact) mass is 731 g/mol. The summed E-state index contributed by atoms with van der Waals surface area (Å²) < 4.78 is 17.5. The maximum Gasteiger partial charge on any atom is 0.262 e. The molecule has 4 aromatic rings. The average molecular weight is 732 g/mol. The van der Waals surface area contributed by atoms with E-state index in [-0.39, 0.29) is 29.4 Å². The minimum atomic E-state index is -0.991. The number of hydrogen-bond acceptors (Lipinski definition) is 10. The van der Waals surface area contributed by atoms with Crippen LogP contribution in [0.2, 0.25) is 0 Å². The van der Waals surface area contributed by atoms with Crippen molar-refractivity contribution in [2.75, 3.05) is 25.1 Å². The number of amides is 4. The zero-order valence-electron chi connectivity index (χ0n) is 30.9. The predicted octanol–water partition coefficient (Wildman–Crippen LogP) is 6.45. The molecular weight excluding hydrogens is 686 g/mol. The Hall–Kier alpha value is -6.04. The van der Waals surface area contributed by atoms with Gasteiger partial charge in [0.1, 0.15) is 24.1 Å². The van der Waals surface area contributed by atoms with Crippen LogP contribution in [0, 0.1) is 0 Å². The van der Waals surface area contributed by atoms with Gasteiger partial charge < -0.3 is 19.5 Å². The normalized spacial score (nSPS) is 15.5. The maximum absolute atomic E-state index is 13.1. The number of carbonyl (C=O) groups is 4. The third-order valence-electron chi connectivity index (χ3n) is 10.0. The van der Waals surface area contributed by atoms with Crippen LogP contribution in [-0.4, -0.2) is 64.3 Å². The third-order valence-corrected chi connectivity index (χ3v) is 10.0. The van der Waals surface area contributed by atoms with Gasteiger partial charge in [-0.05, 0) is 92.3 Å². The number of benzene rings is 3. The topological polar surface area (TPSA) is 149 Å². The number of aromatic nitrogens is 2. The number of fused-ring (bicyclic) bond motifs is 1. The van der Waals surface area contributed by atoms with E-state index < -0.39 is 29.7 Å². The highest BCUT2D eigenvalue weighted by Gasteiger charge is 2.44. The van der Waals surface area contributed by atoms with E-state index in [9.17, 15) is 19.2 Å². The molecule has 1 fully saturated rings. The molecule has 280 valence electrons. The highest BCUT2D eigenvalue weighted by Crippen LogP contribution is 2.40. The SMILES string of the molecule is C=C(OCC)c1nccc(COc2ccc(C(CC)(CC)c3ccc(OCCCNc4ccc5c(c4)C(=O)N(C4CCC(=O)NC4=O)C5=O)cc3)cc2)n1. The number of ether oxygens (including phenoxy) is 3. The molecule has 2 aliphatic heterocycles. The van der Waals surface area contributed by atoms with Gasteiger partial charge in [-0.2, -0.15) is 0 Å². The number of carbonyl (C=O) groups excluding carboxylic acids is 4. The van der Waals surface area contributed by atoms with Crippen molar-refractivity contribution in [3.63, 3.8) is 0 Å². The molecule has 0 bridgehead atoms. The van der Waals surface area contributed by atoms with Crippen LogP contribution in [0.4, 0.5) is 5.69 Å². The maximum atomic E-state index is 13.1. The summed E-state index contributed by atoms with van der Waals surface area (Å²) in [6.07, 6.45) is 4.40. The van der Waals surface area contributed by atoms with Crippen LogP contribution in [0.5, 0.6) is 11.5 Å². The molecule has 54 heavy (non-hydrogen) atoms. The summed E-state index contributed by atoms with van der Waals surface area (Å²) in [4.78, 5) is 59.7. The first-order valence-corrected chi connectivity index (χ1v) is 18.4. The van der Waals surface area contributed by atoms with Crippen LogP contribution in [0.3, 0.4) is 0 Å². The van der Waals surface area contributed by atoms with Gasteiger partial charge in [-0.15, -0.1) is 0 Å². The first kappa shape index (κ1) is 37.7. The van der Waals surface area contributed by atoms with E-state index >= 15 is 0 Å². The van der Waals surface area contributed by atoms with E-state index in [0.29, 0.717) is 50.1 Å². The number of rotatable bonds is 17. The standard InChI is InChI=1S/C42H45N5O7/c1-5-42(6-2,29-11-16-33(17-12-29)54-26-31-21-23-44-38(45-31)27(4)52-7-3)28-9-14-32(15-10-28)53-24-8-22-43-30-13-18-34-35(25-30)41(51)47(40(34)50)36-19-20-37(48)46-39(36)49/h9-18,21,23,25,36,43H,4-8,19-20,22,24,26H2,1-3H3,(H,46,48,49). The fraction of sp³-hybridized carbons (Fsp3) is 0.333. The largest absolute Gasteiger partial charge is 0.494 e. The Morgan fingerprint density at radius 2 is 1.56 bits per heavy atom. The van der Waals surface area contributed by atoms with Crippen LogP contribution < -0.4 is 20.1 Å². The van der Waals surface area contributed by atoms with Crippen LogP contribution in [0.25, 0.3) is 5.76 Å². The molecule has 4 amide bonds. The molecule has 2 aliphatic rings. The molecule has 0 aliphatic carbocycles. The van der Waals surface area contributed by atoms with Crippen molar-refractivity contribution in [1.82, 2.24) is 20.2 Å². The van der Waals surface area contributed by atoms with E-state index in [1.807, 2.05) is 37.3 Å². The van der Waals surface area contributed by atoms with E-state index in [4.69, 9.17) is 14.2 Å². The Balaban J connectivity index is 0.995. The summed E-state index contributed by atoms with van der Waals surface area (Å²) in [5.41, 5.74) is 4.14. The van der Waals surface area contributed by atoms with Crippen LogP contribution in [-0.2, 0) is 26.3 Å². The van der Waals surface area contributed by atoms with Crippen molar-refractivity contribution in [1.29, 1.82) is 0 Å². The molecule has 0 radical (unpaired) electrons. The van der Waals surface area contributed by atoms with Crippen LogP contribution >= 0.6 is 0 Å². The minimum Gasteiger partial charge on any atom is -0.494 e. The Morgan fingerprint density at radius 3 is 2.20 bits per heavy atom. The fourth-order valence-corrected chi connectivity index (χ4v) is 7.06. The van der Waals surface area contributed by atoms with E-state index in [0.717, 1.165) is 34.9 Å². The molecular formula is C42H45N5O7. The molecule has 3 heterocycles. The highest BCUT2D eigenvalue weighted by atomic mass is 16.5.